The third kappa shape index (κ3) is 5.33. The SMILES string of the molecule is COc1ccc(C)cc1N[C@@H](C)C(=O)NC(=O)NC(C)C. The second-order valence-corrected chi connectivity index (χ2v) is 5.19. The first-order chi connectivity index (χ1) is 9.83. The molecule has 3 N–H and O–H groups in total. The summed E-state index contributed by atoms with van der Waals surface area (Å²) in [5.41, 5.74) is 1.76. The van der Waals surface area contributed by atoms with E-state index in [2.05, 4.69) is 16.0 Å². The number of urea groups is 1. The zero-order chi connectivity index (χ0) is 16.0. The van der Waals surface area contributed by atoms with E-state index in [-0.39, 0.29) is 6.04 Å². The summed E-state index contributed by atoms with van der Waals surface area (Å²) in [6.45, 7) is 7.28. The fourth-order valence-electron chi connectivity index (χ4n) is 1.75. The van der Waals surface area contributed by atoms with Gasteiger partial charge >= 0.3 is 6.03 Å². The second-order valence-electron chi connectivity index (χ2n) is 5.19. The van der Waals surface area contributed by atoms with E-state index in [0.29, 0.717) is 11.4 Å². The third-order valence-electron chi connectivity index (χ3n) is 2.78. The van der Waals surface area contributed by atoms with Crippen molar-refractivity contribution >= 4 is 17.6 Å². The number of hydrogen-bond donors (Lipinski definition) is 3. The fraction of sp³-hybridized carbons (Fsp3) is 0.467. The summed E-state index contributed by atoms with van der Waals surface area (Å²) in [5.74, 6) is 0.239. The van der Waals surface area contributed by atoms with Gasteiger partial charge in [-0.25, -0.2) is 4.79 Å². The minimum Gasteiger partial charge on any atom is -0.495 e. The van der Waals surface area contributed by atoms with Crippen molar-refractivity contribution in [2.24, 2.45) is 0 Å². The monoisotopic (exact) mass is 293 g/mol. The molecule has 0 aliphatic carbocycles. The number of carbonyl (C=O) groups excluding carboxylic acids is 2. The first-order valence-electron chi connectivity index (χ1n) is 6.86. The van der Waals surface area contributed by atoms with Gasteiger partial charge in [-0.05, 0) is 45.4 Å². The maximum Gasteiger partial charge on any atom is 0.321 e. The first-order valence-corrected chi connectivity index (χ1v) is 6.86. The molecule has 0 saturated carbocycles. The molecule has 1 atom stereocenters. The van der Waals surface area contributed by atoms with Crippen molar-refractivity contribution in [2.75, 3.05) is 12.4 Å². The van der Waals surface area contributed by atoms with Gasteiger partial charge in [0.05, 0.1) is 12.8 Å². The molecular weight excluding hydrogens is 270 g/mol. The summed E-state index contributed by atoms with van der Waals surface area (Å²) >= 11 is 0. The average Bonchev–Trinajstić information content (AvgIpc) is 2.37. The van der Waals surface area contributed by atoms with Crippen LogP contribution in [0.1, 0.15) is 26.3 Å². The van der Waals surface area contributed by atoms with Crippen molar-refractivity contribution in [1.29, 1.82) is 0 Å². The van der Waals surface area contributed by atoms with Crippen molar-refractivity contribution < 1.29 is 14.3 Å². The summed E-state index contributed by atoms with van der Waals surface area (Å²) in [5, 5.41) is 7.94. The standard InChI is InChI=1S/C15H23N3O3/c1-9(2)16-15(20)18-14(19)11(4)17-12-8-10(3)6-7-13(12)21-5/h6-9,11,17H,1-5H3,(H2,16,18,19,20)/t11-/m0/s1. The van der Waals surface area contributed by atoms with Gasteiger partial charge in [0.25, 0.3) is 0 Å². The van der Waals surface area contributed by atoms with Gasteiger partial charge < -0.3 is 15.4 Å². The van der Waals surface area contributed by atoms with E-state index < -0.39 is 18.0 Å². The molecule has 0 heterocycles. The fourth-order valence-corrected chi connectivity index (χ4v) is 1.75. The van der Waals surface area contributed by atoms with Crippen LogP contribution in [0.2, 0.25) is 0 Å². The molecule has 6 heteroatoms. The van der Waals surface area contributed by atoms with E-state index in [1.54, 1.807) is 14.0 Å². The quantitative estimate of drug-likeness (QED) is 0.776. The Labute approximate surface area is 125 Å². The van der Waals surface area contributed by atoms with Gasteiger partial charge in [-0.1, -0.05) is 6.07 Å². The highest BCUT2D eigenvalue weighted by molar-refractivity contribution is 5.98. The van der Waals surface area contributed by atoms with E-state index >= 15 is 0 Å². The lowest BCUT2D eigenvalue weighted by Crippen LogP contribution is -2.47. The molecule has 1 rings (SSSR count). The molecule has 0 saturated heterocycles. The summed E-state index contributed by atoms with van der Waals surface area (Å²) in [4.78, 5) is 23.5. The Hall–Kier alpha value is -2.24. The van der Waals surface area contributed by atoms with Gasteiger partial charge in [0.2, 0.25) is 5.91 Å². The predicted molar refractivity (Wildman–Crippen MR) is 82.6 cm³/mol. The van der Waals surface area contributed by atoms with Crippen LogP contribution in [0.3, 0.4) is 0 Å². The zero-order valence-corrected chi connectivity index (χ0v) is 13.1. The topological polar surface area (TPSA) is 79.5 Å². The predicted octanol–water partition coefficient (Wildman–Crippen LogP) is 2.04. The Kier molecular flexibility index (Phi) is 6.02. The Morgan fingerprint density at radius 1 is 1.19 bits per heavy atom. The molecule has 0 unspecified atom stereocenters. The lowest BCUT2D eigenvalue weighted by molar-refractivity contribution is -0.120. The normalized spacial score (nSPS) is 11.7. The number of anilines is 1. The van der Waals surface area contributed by atoms with Gasteiger partial charge in [0.1, 0.15) is 11.8 Å². The summed E-state index contributed by atoms with van der Waals surface area (Å²) in [7, 11) is 1.57. The first kappa shape index (κ1) is 16.8. The van der Waals surface area contributed by atoms with E-state index in [9.17, 15) is 9.59 Å². The van der Waals surface area contributed by atoms with Crippen LogP contribution >= 0.6 is 0 Å². The van der Waals surface area contributed by atoms with Crippen LogP contribution in [0, 0.1) is 6.92 Å². The maximum atomic E-state index is 11.9. The van der Waals surface area contributed by atoms with Crippen LogP contribution in [-0.2, 0) is 4.79 Å². The Bertz CT molecular complexity index is 515. The summed E-state index contributed by atoms with van der Waals surface area (Å²) in [6.07, 6.45) is 0. The minimum atomic E-state index is -0.571. The Morgan fingerprint density at radius 3 is 2.43 bits per heavy atom. The van der Waals surface area contributed by atoms with Crippen molar-refractivity contribution in [3.63, 3.8) is 0 Å². The number of amides is 3. The van der Waals surface area contributed by atoms with E-state index in [1.807, 2.05) is 39.0 Å². The largest absolute Gasteiger partial charge is 0.495 e. The second kappa shape index (κ2) is 7.52. The number of benzene rings is 1. The van der Waals surface area contributed by atoms with Crippen molar-refractivity contribution in [3.05, 3.63) is 23.8 Å². The van der Waals surface area contributed by atoms with Gasteiger partial charge in [-0.2, -0.15) is 0 Å². The summed E-state index contributed by atoms with van der Waals surface area (Å²) in [6, 6.07) is 4.53. The highest BCUT2D eigenvalue weighted by Crippen LogP contribution is 2.25. The Balaban J connectivity index is 2.68. The molecule has 0 bridgehead atoms. The number of carbonyl (C=O) groups is 2. The van der Waals surface area contributed by atoms with Crippen LogP contribution in [0.4, 0.5) is 10.5 Å². The van der Waals surface area contributed by atoms with Gasteiger partial charge in [-0.15, -0.1) is 0 Å². The lowest BCUT2D eigenvalue weighted by Gasteiger charge is -2.18. The molecule has 21 heavy (non-hydrogen) atoms. The van der Waals surface area contributed by atoms with E-state index in [4.69, 9.17) is 4.74 Å². The number of ether oxygens (including phenoxy) is 1. The van der Waals surface area contributed by atoms with Crippen molar-refractivity contribution in [1.82, 2.24) is 10.6 Å². The molecular formula is C15H23N3O3. The lowest BCUT2D eigenvalue weighted by atomic mass is 10.2. The number of imide groups is 1. The summed E-state index contributed by atoms with van der Waals surface area (Å²) < 4.78 is 5.24. The molecule has 116 valence electrons. The molecule has 0 aliphatic heterocycles. The maximum absolute atomic E-state index is 11.9. The van der Waals surface area contributed by atoms with Gasteiger partial charge in [0, 0.05) is 6.04 Å². The molecule has 0 aliphatic rings. The van der Waals surface area contributed by atoms with Gasteiger partial charge in [-0.3, -0.25) is 10.1 Å². The van der Waals surface area contributed by atoms with Crippen LogP contribution in [0.15, 0.2) is 18.2 Å². The average molecular weight is 293 g/mol. The van der Waals surface area contributed by atoms with Crippen molar-refractivity contribution in [3.8, 4) is 5.75 Å². The number of nitrogens with one attached hydrogen (secondary N) is 3. The molecule has 1 aromatic carbocycles. The van der Waals surface area contributed by atoms with Crippen LogP contribution in [0.25, 0.3) is 0 Å². The molecule has 0 spiro atoms. The smallest absolute Gasteiger partial charge is 0.321 e. The van der Waals surface area contributed by atoms with E-state index in [0.717, 1.165) is 5.56 Å². The molecule has 1 aromatic rings. The number of rotatable bonds is 5. The highest BCUT2D eigenvalue weighted by atomic mass is 16.5. The molecule has 0 fully saturated rings. The molecule has 6 nitrogen and oxygen atoms in total. The zero-order valence-electron chi connectivity index (χ0n) is 13.1. The Morgan fingerprint density at radius 2 is 1.86 bits per heavy atom. The third-order valence-corrected chi connectivity index (χ3v) is 2.78. The number of hydrogen-bond acceptors (Lipinski definition) is 4. The van der Waals surface area contributed by atoms with Crippen LogP contribution in [0.5, 0.6) is 5.75 Å². The molecule has 3 amide bonds. The number of methoxy groups -OCH3 is 1. The minimum absolute atomic E-state index is 0.0297. The number of aryl methyl sites for hydroxylation is 1. The highest BCUT2D eigenvalue weighted by Gasteiger charge is 2.17. The van der Waals surface area contributed by atoms with Crippen molar-refractivity contribution in [2.45, 2.75) is 39.8 Å². The molecule has 0 aromatic heterocycles. The van der Waals surface area contributed by atoms with Gasteiger partial charge in [0.15, 0.2) is 0 Å². The van der Waals surface area contributed by atoms with Crippen LogP contribution < -0.4 is 20.7 Å². The van der Waals surface area contributed by atoms with E-state index in [1.165, 1.54) is 0 Å². The molecule has 0 radical (unpaired) electrons. The van der Waals surface area contributed by atoms with Crippen LogP contribution in [-0.4, -0.2) is 31.1 Å².